The minimum atomic E-state index is -0.627. The summed E-state index contributed by atoms with van der Waals surface area (Å²) in [7, 11) is 0. The minimum absolute atomic E-state index is 0.0200. The average Bonchev–Trinajstić information content (AvgIpc) is 2.51. The van der Waals surface area contributed by atoms with Crippen molar-refractivity contribution in [1.82, 2.24) is 10.4 Å². The molecule has 9 heteroatoms. The van der Waals surface area contributed by atoms with E-state index in [2.05, 4.69) is 31.4 Å². The topological polar surface area (TPSA) is 121 Å². The Morgan fingerprint density at radius 1 is 1.43 bits per heavy atom. The lowest BCUT2D eigenvalue weighted by molar-refractivity contribution is -0.385. The molecule has 1 heterocycles. The van der Waals surface area contributed by atoms with Crippen molar-refractivity contribution in [3.8, 4) is 5.75 Å². The summed E-state index contributed by atoms with van der Waals surface area (Å²) in [5, 5.41) is 26.3. The first-order valence-electron chi connectivity index (χ1n) is 6.29. The number of hydrogen-bond donors (Lipinski definition) is 1. The number of pyridine rings is 1. The average molecular weight is 378 g/mol. The van der Waals surface area contributed by atoms with Crippen LogP contribution in [0.2, 0.25) is 0 Å². The molecule has 1 aromatic carbocycles. The van der Waals surface area contributed by atoms with Gasteiger partial charge < -0.3 is 5.11 Å². The Bertz CT molecular complexity index is 790. The van der Waals surface area contributed by atoms with Gasteiger partial charge in [-0.3, -0.25) is 19.9 Å². The monoisotopic (exact) mass is 377 g/mol. The van der Waals surface area contributed by atoms with Crippen LogP contribution in [-0.2, 0) is 0 Å². The van der Waals surface area contributed by atoms with Gasteiger partial charge in [0, 0.05) is 28.5 Å². The highest BCUT2D eigenvalue weighted by Gasteiger charge is 2.09. The van der Waals surface area contributed by atoms with Crippen molar-refractivity contribution in [1.29, 1.82) is 0 Å². The van der Waals surface area contributed by atoms with E-state index in [-0.39, 0.29) is 15.7 Å². The van der Waals surface area contributed by atoms with E-state index in [9.17, 15) is 20.0 Å². The molecule has 0 saturated carbocycles. The lowest BCUT2D eigenvalue weighted by atomic mass is 10.2. The summed E-state index contributed by atoms with van der Waals surface area (Å²) < 4.78 is 0.0437. The van der Waals surface area contributed by atoms with Gasteiger partial charge in [0.05, 0.1) is 16.7 Å². The number of nitro groups is 1. The van der Waals surface area contributed by atoms with Crippen LogP contribution in [0.1, 0.15) is 21.6 Å². The molecule has 1 amide bonds. The van der Waals surface area contributed by atoms with Gasteiger partial charge in [0.1, 0.15) is 0 Å². The summed E-state index contributed by atoms with van der Waals surface area (Å²) >= 11 is 2.96. The number of nitrogens with zero attached hydrogens (tertiary/aromatic N) is 3. The van der Waals surface area contributed by atoms with Gasteiger partial charge in [-0.1, -0.05) is 21.7 Å². The summed E-state index contributed by atoms with van der Waals surface area (Å²) in [6.07, 6.45) is 2.45. The highest BCUT2D eigenvalue weighted by atomic mass is 79.9. The number of nitrogens with one attached hydrogen (secondary N) is 1. The molecule has 0 atom stereocenters. The molecule has 0 bridgehead atoms. The quantitative estimate of drug-likeness (QED) is 0.495. The second kappa shape index (κ2) is 6.97. The Kier molecular flexibility index (Phi) is 5.02. The number of benzene rings is 1. The summed E-state index contributed by atoms with van der Waals surface area (Å²) in [6, 6.07) is 5.44. The van der Waals surface area contributed by atoms with E-state index in [1.54, 1.807) is 19.1 Å². The van der Waals surface area contributed by atoms with Gasteiger partial charge in [0.25, 0.3) is 11.6 Å². The molecule has 8 nitrogen and oxygen atoms in total. The van der Waals surface area contributed by atoms with E-state index in [0.717, 1.165) is 24.0 Å². The minimum Gasteiger partial charge on any atom is -0.871 e. The molecule has 118 valence electrons. The molecular formula is C14H10BrN4O4-. The van der Waals surface area contributed by atoms with Crippen LogP contribution in [0.3, 0.4) is 0 Å². The first kappa shape index (κ1) is 16.6. The fraction of sp³-hybridized carbons (Fsp3) is 0.0714. The van der Waals surface area contributed by atoms with Gasteiger partial charge in [-0.15, -0.1) is 0 Å². The SMILES string of the molecule is Cc1ccc(C(=O)N/N=C/c2cc([N+](=O)[O-])cc(Br)c2[O-])cn1. The molecule has 0 fully saturated rings. The normalized spacial score (nSPS) is 10.7. The van der Waals surface area contributed by atoms with E-state index >= 15 is 0 Å². The maximum absolute atomic E-state index is 11.8. The maximum atomic E-state index is 11.8. The van der Waals surface area contributed by atoms with Crippen LogP contribution in [0.15, 0.2) is 40.0 Å². The fourth-order valence-corrected chi connectivity index (χ4v) is 2.09. The number of carbonyl (C=O) groups excluding carboxylic acids is 1. The molecular weight excluding hydrogens is 368 g/mol. The third-order valence-electron chi connectivity index (χ3n) is 2.81. The van der Waals surface area contributed by atoms with Crippen LogP contribution in [0, 0.1) is 17.0 Å². The summed E-state index contributed by atoms with van der Waals surface area (Å²) in [4.78, 5) is 25.9. The third kappa shape index (κ3) is 4.10. The number of hydrazone groups is 1. The summed E-state index contributed by atoms with van der Waals surface area (Å²) in [5.74, 6) is -0.976. The molecule has 0 saturated heterocycles. The lowest BCUT2D eigenvalue weighted by Gasteiger charge is -2.12. The molecule has 23 heavy (non-hydrogen) atoms. The number of rotatable bonds is 4. The van der Waals surface area contributed by atoms with Crippen LogP contribution in [0.5, 0.6) is 5.75 Å². The second-order valence-corrected chi connectivity index (χ2v) is 5.34. The van der Waals surface area contributed by atoms with Crippen LogP contribution >= 0.6 is 15.9 Å². The Hall–Kier alpha value is -2.81. The summed E-state index contributed by atoms with van der Waals surface area (Å²) in [6.45, 7) is 1.79. The number of non-ortho nitro benzene ring substituents is 1. The van der Waals surface area contributed by atoms with Crippen molar-refractivity contribution >= 4 is 33.7 Å². The highest BCUT2D eigenvalue weighted by molar-refractivity contribution is 9.10. The van der Waals surface area contributed by atoms with E-state index in [0.29, 0.717) is 5.56 Å². The number of halogens is 1. The molecule has 0 spiro atoms. The molecule has 0 unspecified atom stereocenters. The molecule has 1 N–H and O–H groups in total. The zero-order valence-corrected chi connectivity index (χ0v) is 13.4. The van der Waals surface area contributed by atoms with Crippen LogP contribution in [0.25, 0.3) is 0 Å². The van der Waals surface area contributed by atoms with Crippen molar-refractivity contribution < 1.29 is 14.8 Å². The van der Waals surface area contributed by atoms with Gasteiger partial charge in [-0.05, 0) is 24.6 Å². The van der Waals surface area contributed by atoms with Crippen molar-refractivity contribution in [2.75, 3.05) is 0 Å². The zero-order chi connectivity index (χ0) is 17.0. The fourth-order valence-electron chi connectivity index (χ4n) is 1.63. The number of aromatic nitrogens is 1. The highest BCUT2D eigenvalue weighted by Crippen LogP contribution is 2.29. The Morgan fingerprint density at radius 3 is 2.78 bits per heavy atom. The Balaban J connectivity index is 2.15. The van der Waals surface area contributed by atoms with Crippen molar-refractivity contribution in [2.45, 2.75) is 6.92 Å². The lowest BCUT2D eigenvalue weighted by Crippen LogP contribution is -2.18. The molecule has 0 radical (unpaired) electrons. The molecule has 0 aliphatic rings. The Labute approximate surface area is 139 Å². The zero-order valence-electron chi connectivity index (χ0n) is 11.8. The van der Waals surface area contributed by atoms with Crippen molar-refractivity contribution in [3.63, 3.8) is 0 Å². The number of carbonyl (C=O) groups is 1. The van der Waals surface area contributed by atoms with Gasteiger partial charge >= 0.3 is 0 Å². The van der Waals surface area contributed by atoms with E-state index in [4.69, 9.17) is 0 Å². The first-order chi connectivity index (χ1) is 10.9. The van der Waals surface area contributed by atoms with Crippen LogP contribution < -0.4 is 10.5 Å². The number of nitro benzene ring substituents is 1. The first-order valence-corrected chi connectivity index (χ1v) is 7.09. The number of hydrogen-bond acceptors (Lipinski definition) is 6. The largest absolute Gasteiger partial charge is 0.871 e. The predicted molar refractivity (Wildman–Crippen MR) is 84.3 cm³/mol. The predicted octanol–water partition coefficient (Wildman–Crippen LogP) is 1.90. The second-order valence-electron chi connectivity index (χ2n) is 4.49. The number of aryl methyl sites for hydroxylation is 1. The summed E-state index contributed by atoms with van der Waals surface area (Å²) in [5.41, 5.74) is 3.02. The van der Waals surface area contributed by atoms with Crippen molar-refractivity contribution in [3.05, 3.63) is 61.9 Å². The van der Waals surface area contributed by atoms with Gasteiger partial charge in [-0.25, -0.2) is 5.43 Å². The standard InChI is InChI=1S/C14H11BrN4O4/c1-8-2-3-9(6-16-8)14(21)18-17-7-10-4-11(19(22)23)5-12(15)13(10)20/h2-7,20H,1H3,(H,18,21)/p-1/b17-7+. The molecule has 2 rings (SSSR count). The Morgan fingerprint density at radius 2 is 2.17 bits per heavy atom. The van der Waals surface area contributed by atoms with Crippen LogP contribution in [-0.4, -0.2) is 22.0 Å². The van der Waals surface area contributed by atoms with Crippen molar-refractivity contribution in [2.24, 2.45) is 5.10 Å². The smallest absolute Gasteiger partial charge is 0.272 e. The van der Waals surface area contributed by atoms with E-state index in [1.165, 1.54) is 6.20 Å². The van der Waals surface area contributed by atoms with Gasteiger partial charge in [-0.2, -0.15) is 5.10 Å². The molecule has 1 aromatic heterocycles. The van der Waals surface area contributed by atoms with Gasteiger partial charge in [0.15, 0.2) is 0 Å². The maximum Gasteiger partial charge on any atom is 0.272 e. The van der Waals surface area contributed by atoms with E-state index in [1.807, 2.05) is 0 Å². The molecule has 0 aliphatic carbocycles. The molecule has 2 aromatic rings. The molecule has 0 aliphatic heterocycles. The van der Waals surface area contributed by atoms with E-state index < -0.39 is 16.6 Å². The number of amides is 1. The van der Waals surface area contributed by atoms with Gasteiger partial charge in [0.2, 0.25) is 0 Å². The van der Waals surface area contributed by atoms with Crippen LogP contribution in [0.4, 0.5) is 5.69 Å². The third-order valence-corrected chi connectivity index (χ3v) is 3.40.